The minimum absolute atomic E-state index is 0.239. The van der Waals surface area contributed by atoms with Crippen molar-refractivity contribution in [1.82, 2.24) is 19.7 Å². The predicted octanol–water partition coefficient (Wildman–Crippen LogP) is 2.57. The van der Waals surface area contributed by atoms with Gasteiger partial charge >= 0.3 is 0 Å². The first-order valence-corrected chi connectivity index (χ1v) is 9.85. The van der Waals surface area contributed by atoms with Crippen molar-refractivity contribution in [3.05, 3.63) is 65.6 Å². The zero-order valence-electron chi connectivity index (χ0n) is 16.5. The number of amides is 1. The maximum Gasteiger partial charge on any atom is 0.291 e. The average Bonchev–Trinajstić information content (AvgIpc) is 3.40. The highest BCUT2D eigenvalue weighted by Gasteiger charge is 2.19. The Morgan fingerprint density at radius 2 is 1.97 bits per heavy atom. The molecule has 0 bridgehead atoms. The molecule has 1 N–H and O–H groups in total. The normalized spacial score (nSPS) is 14.8. The highest BCUT2D eigenvalue weighted by Crippen LogP contribution is 2.20. The Balaban J connectivity index is 1.40. The van der Waals surface area contributed by atoms with Gasteiger partial charge in [-0.05, 0) is 23.8 Å². The van der Waals surface area contributed by atoms with E-state index < -0.39 is 0 Å². The number of furan rings is 1. The number of benzene rings is 1. The number of hydrogen-bond donors (Lipinski definition) is 1. The van der Waals surface area contributed by atoms with E-state index in [1.165, 1.54) is 6.33 Å². The van der Waals surface area contributed by atoms with Crippen LogP contribution in [-0.2, 0) is 24.2 Å². The van der Waals surface area contributed by atoms with Crippen molar-refractivity contribution in [2.24, 2.45) is 0 Å². The predicted molar refractivity (Wildman–Crippen MR) is 108 cm³/mol. The number of rotatable bonds is 7. The minimum atomic E-state index is -0.239. The molecule has 1 aliphatic heterocycles. The van der Waals surface area contributed by atoms with Crippen molar-refractivity contribution < 1.29 is 13.9 Å². The van der Waals surface area contributed by atoms with Gasteiger partial charge in [0.25, 0.3) is 5.91 Å². The van der Waals surface area contributed by atoms with Crippen LogP contribution < -0.4 is 5.32 Å². The zero-order chi connectivity index (χ0) is 20.1. The molecule has 2 aromatic heterocycles. The highest BCUT2D eigenvalue weighted by atomic mass is 16.5. The van der Waals surface area contributed by atoms with E-state index in [2.05, 4.69) is 20.3 Å². The Bertz CT molecular complexity index is 928. The second-order valence-electron chi connectivity index (χ2n) is 7.05. The molecule has 1 aliphatic rings. The van der Waals surface area contributed by atoms with E-state index >= 15 is 0 Å². The number of morpholine rings is 1. The molecule has 1 fully saturated rings. The molecular formula is C21H25N5O3. The molecule has 8 heteroatoms. The third-order valence-corrected chi connectivity index (χ3v) is 4.96. The first kappa shape index (κ1) is 19.4. The van der Waals surface area contributed by atoms with Crippen LogP contribution in [0, 0.1) is 0 Å². The number of anilines is 1. The SMILES string of the molecule is CCc1oc(C(=O)Nc2ccc(Cn3cncn3)cc2)cc1CN1CCOCC1. The van der Waals surface area contributed by atoms with Gasteiger partial charge in [-0.2, -0.15) is 5.10 Å². The summed E-state index contributed by atoms with van der Waals surface area (Å²) in [7, 11) is 0. The minimum Gasteiger partial charge on any atom is -0.456 e. The summed E-state index contributed by atoms with van der Waals surface area (Å²) >= 11 is 0. The summed E-state index contributed by atoms with van der Waals surface area (Å²) in [6.07, 6.45) is 3.94. The fourth-order valence-electron chi connectivity index (χ4n) is 3.40. The van der Waals surface area contributed by atoms with Crippen molar-refractivity contribution >= 4 is 11.6 Å². The monoisotopic (exact) mass is 395 g/mol. The lowest BCUT2D eigenvalue weighted by Crippen LogP contribution is -2.35. The standard InChI is InChI=1S/C21H25N5O3/c1-2-19-17(13-25-7-9-28-10-8-25)11-20(29-19)21(27)24-18-5-3-16(4-6-18)12-26-15-22-14-23-26/h3-6,11,14-15H,2,7-10,12-13H2,1H3,(H,24,27). The van der Waals surface area contributed by atoms with Crippen LogP contribution >= 0.6 is 0 Å². The summed E-state index contributed by atoms with van der Waals surface area (Å²) in [4.78, 5) is 18.9. The molecule has 1 amide bonds. The quantitative estimate of drug-likeness (QED) is 0.662. The number of aryl methyl sites for hydroxylation is 1. The van der Waals surface area contributed by atoms with Crippen LogP contribution in [0.1, 0.15) is 34.4 Å². The lowest BCUT2D eigenvalue weighted by Gasteiger charge is -2.26. The smallest absolute Gasteiger partial charge is 0.291 e. The first-order valence-electron chi connectivity index (χ1n) is 9.85. The molecule has 152 valence electrons. The molecule has 0 spiro atoms. The van der Waals surface area contributed by atoms with Gasteiger partial charge in [0.05, 0.1) is 19.8 Å². The number of ether oxygens (including phenoxy) is 1. The number of aromatic nitrogens is 3. The molecule has 0 radical (unpaired) electrons. The lowest BCUT2D eigenvalue weighted by molar-refractivity contribution is 0.0339. The second-order valence-corrected chi connectivity index (χ2v) is 7.05. The van der Waals surface area contributed by atoms with E-state index in [0.717, 1.165) is 61.8 Å². The molecule has 0 aliphatic carbocycles. The van der Waals surface area contributed by atoms with Gasteiger partial charge in [-0.25, -0.2) is 9.67 Å². The molecule has 3 heterocycles. The van der Waals surface area contributed by atoms with Gasteiger partial charge < -0.3 is 14.5 Å². The van der Waals surface area contributed by atoms with E-state index in [9.17, 15) is 4.79 Å². The van der Waals surface area contributed by atoms with E-state index in [4.69, 9.17) is 9.15 Å². The van der Waals surface area contributed by atoms with Crippen LogP contribution in [0.25, 0.3) is 0 Å². The van der Waals surface area contributed by atoms with Crippen molar-refractivity contribution in [3.63, 3.8) is 0 Å². The van der Waals surface area contributed by atoms with Gasteiger partial charge in [-0.15, -0.1) is 0 Å². The number of carbonyl (C=O) groups excluding carboxylic acids is 1. The average molecular weight is 395 g/mol. The van der Waals surface area contributed by atoms with Gasteiger partial charge in [0.15, 0.2) is 5.76 Å². The molecular weight excluding hydrogens is 370 g/mol. The molecule has 0 atom stereocenters. The third kappa shape index (κ3) is 4.90. The largest absolute Gasteiger partial charge is 0.456 e. The van der Waals surface area contributed by atoms with E-state index in [1.807, 2.05) is 37.3 Å². The lowest BCUT2D eigenvalue weighted by atomic mass is 10.2. The number of carbonyl (C=O) groups is 1. The van der Waals surface area contributed by atoms with Crippen molar-refractivity contribution in [3.8, 4) is 0 Å². The topological polar surface area (TPSA) is 85.4 Å². The Kier molecular flexibility index (Phi) is 6.02. The van der Waals surface area contributed by atoms with Crippen LogP contribution in [0.15, 0.2) is 47.4 Å². The number of nitrogens with one attached hydrogen (secondary N) is 1. The number of nitrogens with zero attached hydrogens (tertiary/aromatic N) is 4. The summed E-state index contributed by atoms with van der Waals surface area (Å²) in [5.41, 5.74) is 2.87. The van der Waals surface area contributed by atoms with Crippen LogP contribution in [0.4, 0.5) is 5.69 Å². The molecule has 8 nitrogen and oxygen atoms in total. The Morgan fingerprint density at radius 3 is 2.66 bits per heavy atom. The Labute approximate surface area is 169 Å². The number of hydrogen-bond acceptors (Lipinski definition) is 6. The summed E-state index contributed by atoms with van der Waals surface area (Å²) in [5.74, 6) is 0.971. The van der Waals surface area contributed by atoms with Crippen LogP contribution in [-0.4, -0.2) is 51.9 Å². The van der Waals surface area contributed by atoms with Crippen LogP contribution in [0.5, 0.6) is 0 Å². The molecule has 0 saturated carbocycles. The van der Waals surface area contributed by atoms with Crippen molar-refractivity contribution in [1.29, 1.82) is 0 Å². The molecule has 4 rings (SSSR count). The van der Waals surface area contributed by atoms with E-state index in [0.29, 0.717) is 12.3 Å². The van der Waals surface area contributed by atoms with Gasteiger partial charge in [-0.3, -0.25) is 9.69 Å². The summed E-state index contributed by atoms with van der Waals surface area (Å²) in [5, 5.41) is 7.01. The van der Waals surface area contributed by atoms with Gasteiger partial charge in [0, 0.05) is 37.3 Å². The van der Waals surface area contributed by atoms with Gasteiger partial charge in [0.2, 0.25) is 0 Å². The van der Waals surface area contributed by atoms with Crippen molar-refractivity contribution in [2.45, 2.75) is 26.4 Å². The fourth-order valence-corrected chi connectivity index (χ4v) is 3.40. The Hall–Kier alpha value is -2.97. The summed E-state index contributed by atoms with van der Waals surface area (Å²) in [6.45, 7) is 6.75. The van der Waals surface area contributed by atoms with Gasteiger partial charge in [0.1, 0.15) is 18.4 Å². The maximum atomic E-state index is 12.7. The molecule has 0 unspecified atom stereocenters. The summed E-state index contributed by atoms with van der Waals surface area (Å²) in [6, 6.07) is 9.54. The molecule has 29 heavy (non-hydrogen) atoms. The van der Waals surface area contributed by atoms with E-state index in [1.54, 1.807) is 11.0 Å². The van der Waals surface area contributed by atoms with Crippen LogP contribution in [0.2, 0.25) is 0 Å². The second kappa shape index (κ2) is 9.02. The molecule has 1 aromatic carbocycles. The highest BCUT2D eigenvalue weighted by molar-refractivity contribution is 6.02. The van der Waals surface area contributed by atoms with Gasteiger partial charge in [-0.1, -0.05) is 19.1 Å². The van der Waals surface area contributed by atoms with E-state index in [-0.39, 0.29) is 5.91 Å². The Morgan fingerprint density at radius 1 is 1.17 bits per heavy atom. The molecule has 3 aromatic rings. The van der Waals surface area contributed by atoms with Crippen LogP contribution in [0.3, 0.4) is 0 Å². The fraction of sp³-hybridized carbons (Fsp3) is 0.381. The summed E-state index contributed by atoms with van der Waals surface area (Å²) < 4.78 is 13.0. The zero-order valence-corrected chi connectivity index (χ0v) is 16.5. The first-order chi connectivity index (χ1) is 14.2. The van der Waals surface area contributed by atoms with Crippen molar-refractivity contribution in [2.75, 3.05) is 31.6 Å². The third-order valence-electron chi connectivity index (χ3n) is 4.96. The molecule has 1 saturated heterocycles. The maximum absolute atomic E-state index is 12.7.